The van der Waals surface area contributed by atoms with Crippen molar-refractivity contribution >= 4 is 0 Å². The minimum atomic E-state index is 0.337. The molecular weight excluding hydrogens is 256 g/mol. The van der Waals surface area contributed by atoms with Crippen LogP contribution < -0.4 is 14.8 Å². The van der Waals surface area contributed by atoms with E-state index >= 15 is 0 Å². The van der Waals surface area contributed by atoms with Crippen molar-refractivity contribution in [2.24, 2.45) is 0 Å². The predicted octanol–water partition coefficient (Wildman–Crippen LogP) is 2.68. The molecule has 0 saturated heterocycles. The molecule has 0 atom stereocenters. The summed E-state index contributed by atoms with van der Waals surface area (Å²) < 4.78 is 16.2. The highest BCUT2D eigenvalue weighted by molar-refractivity contribution is 5.43. The molecule has 2 rings (SSSR count). The van der Waals surface area contributed by atoms with Crippen LogP contribution in [-0.4, -0.2) is 18.8 Å². The van der Waals surface area contributed by atoms with Gasteiger partial charge in [0, 0.05) is 12.6 Å². The van der Waals surface area contributed by atoms with E-state index in [0.717, 1.165) is 30.1 Å². The van der Waals surface area contributed by atoms with Crippen LogP contribution in [0.4, 0.5) is 0 Å². The molecule has 0 bridgehead atoms. The summed E-state index contributed by atoms with van der Waals surface area (Å²) in [5.74, 6) is 2.11. The van der Waals surface area contributed by atoms with Crippen LogP contribution in [0.2, 0.25) is 0 Å². The van der Waals surface area contributed by atoms with Crippen LogP contribution >= 0.6 is 0 Å². The highest BCUT2D eigenvalue weighted by Gasteiger charge is 2.08. The largest absolute Gasteiger partial charge is 0.493 e. The van der Waals surface area contributed by atoms with Gasteiger partial charge in [0.25, 0.3) is 0 Å². The summed E-state index contributed by atoms with van der Waals surface area (Å²) in [6, 6.07) is 7.76. The SMILES string of the molecule is CCNCc1ccc(OCc2cc(C)no2)c(OC)c1. The number of methoxy groups -OCH3 is 1. The van der Waals surface area contributed by atoms with E-state index in [4.69, 9.17) is 14.0 Å². The minimum absolute atomic E-state index is 0.337. The van der Waals surface area contributed by atoms with Crippen molar-refractivity contribution in [2.45, 2.75) is 27.0 Å². The fourth-order valence-electron chi connectivity index (χ4n) is 1.84. The Bertz CT molecular complexity index is 552. The van der Waals surface area contributed by atoms with Gasteiger partial charge >= 0.3 is 0 Å². The third kappa shape index (κ3) is 3.74. The van der Waals surface area contributed by atoms with E-state index in [2.05, 4.69) is 17.4 Å². The molecule has 1 aromatic carbocycles. The Morgan fingerprint density at radius 3 is 2.75 bits per heavy atom. The van der Waals surface area contributed by atoms with Gasteiger partial charge in [0.1, 0.15) is 6.61 Å². The third-order valence-electron chi connectivity index (χ3n) is 2.85. The first-order chi connectivity index (χ1) is 9.72. The summed E-state index contributed by atoms with van der Waals surface area (Å²) in [5.41, 5.74) is 2.00. The van der Waals surface area contributed by atoms with E-state index in [1.54, 1.807) is 7.11 Å². The molecule has 0 saturated carbocycles. The lowest BCUT2D eigenvalue weighted by molar-refractivity contribution is 0.238. The van der Waals surface area contributed by atoms with E-state index in [0.29, 0.717) is 18.1 Å². The molecule has 1 N–H and O–H groups in total. The van der Waals surface area contributed by atoms with Crippen molar-refractivity contribution in [2.75, 3.05) is 13.7 Å². The summed E-state index contributed by atoms with van der Waals surface area (Å²) in [6.45, 7) is 6.04. The minimum Gasteiger partial charge on any atom is -0.493 e. The maximum absolute atomic E-state index is 5.71. The van der Waals surface area contributed by atoms with Crippen molar-refractivity contribution in [3.8, 4) is 11.5 Å². The molecular formula is C15H20N2O3. The monoisotopic (exact) mass is 276 g/mol. The van der Waals surface area contributed by atoms with Gasteiger partial charge in [-0.05, 0) is 31.2 Å². The first-order valence-corrected chi connectivity index (χ1v) is 6.65. The van der Waals surface area contributed by atoms with Gasteiger partial charge in [0.2, 0.25) is 0 Å². The van der Waals surface area contributed by atoms with E-state index < -0.39 is 0 Å². The van der Waals surface area contributed by atoms with Crippen molar-refractivity contribution in [3.05, 3.63) is 41.3 Å². The van der Waals surface area contributed by atoms with Crippen LogP contribution in [-0.2, 0) is 13.2 Å². The number of aryl methyl sites for hydroxylation is 1. The number of aromatic nitrogens is 1. The second-order valence-corrected chi connectivity index (χ2v) is 4.49. The van der Waals surface area contributed by atoms with Crippen LogP contribution in [0.3, 0.4) is 0 Å². The standard InChI is InChI=1S/C15H20N2O3/c1-4-16-9-12-5-6-14(15(8-12)18-3)19-10-13-7-11(2)17-20-13/h5-8,16H,4,9-10H2,1-3H3. The third-order valence-corrected chi connectivity index (χ3v) is 2.85. The van der Waals surface area contributed by atoms with Gasteiger partial charge in [0.15, 0.2) is 17.3 Å². The number of hydrogen-bond acceptors (Lipinski definition) is 5. The van der Waals surface area contributed by atoms with Gasteiger partial charge in [-0.15, -0.1) is 0 Å². The quantitative estimate of drug-likeness (QED) is 0.842. The van der Waals surface area contributed by atoms with E-state index in [1.165, 1.54) is 0 Å². The zero-order chi connectivity index (χ0) is 14.4. The second kappa shape index (κ2) is 6.96. The Kier molecular flexibility index (Phi) is 5.01. The topological polar surface area (TPSA) is 56.5 Å². The molecule has 1 heterocycles. The van der Waals surface area contributed by atoms with Crippen LogP contribution in [0.15, 0.2) is 28.8 Å². The fraction of sp³-hybridized carbons (Fsp3) is 0.400. The van der Waals surface area contributed by atoms with Crippen molar-refractivity contribution in [1.29, 1.82) is 0 Å². The number of rotatable bonds is 7. The van der Waals surface area contributed by atoms with Crippen LogP contribution in [0, 0.1) is 6.92 Å². The van der Waals surface area contributed by atoms with E-state index in [1.807, 2.05) is 31.2 Å². The van der Waals surface area contributed by atoms with Gasteiger partial charge < -0.3 is 19.3 Å². The van der Waals surface area contributed by atoms with Gasteiger partial charge in [-0.25, -0.2) is 0 Å². The van der Waals surface area contributed by atoms with Crippen molar-refractivity contribution in [1.82, 2.24) is 10.5 Å². The van der Waals surface area contributed by atoms with Crippen molar-refractivity contribution in [3.63, 3.8) is 0 Å². The Morgan fingerprint density at radius 1 is 1.25 bits per heavy atom. The summed E-state index contributed by atoms with van der Waals surface area (Å²) in [5, 5.41) is 7.10. The summed E-state index contributed by atoms with van der Waals surface area (Å²) in [4.78, 5) is 0. The first kappa shape index (κ1) is 14.4. The zero-order valence-corrected chi connectivity index (χ0v) is 12.1. The lowest BCUT2D eigenvalue weighted by Crippen LogP contribution is -2.11. The molecule has 0 aliphatic heterocycles. The molecule has 0 fully saturated rings. The Morgan fingerprint density at radius 2 is 2.10 bits per heavy atom. The van der Waals surface area contributed by atoms with E-state index in [9.17, 15) is 0 Å². The smallest absolute Gasteiger partial charge is 0.174 e. The average Bonchev–Trinajstić information content (AvgIpc) is 2.88. The van der Waals surface area contributed by atoms with Gasteiger partial charge in [0.05, 0.1) is 12.8 Å². The zero-order valence-electron chi connectivity index (χ0n) is 12.1. The lowest BCUT2D eigenvalue weighted by Gasteiger charge is -2.11. The first-order valence-electron chi connectivity index (χ1n) is 6.65. The molecule has 5 heteroatoms. The molecule has 0 aliphatic carbocycles. The lowest BCUT2D eigenvalue weighted by atomic mass is 10.2. The molecule has 5 nitrogen and oxygen atoms in total. The molecule has 1 aromatic heterocycles. The maximum Gasteiger partial charge on any atom is 0.174 e. The Balaban J connectivity index is 2.03. The Hall–Kier alpha value is -2.01. The number of hydrogen-bond donors (Lipinski definition) is 1. The number of ether oxygens (including phenoxy) is 2. The number of benzene rings is 1. The highest BCUT2D eigenvalue weighted by atomic mass is 16.5. The summed E-state index contributed by atoms with van der Waals surface area (Å²) >= 11 is 0. The van der Waals surface area contributed by atoms with E-state index in [-0.39, 0.29) is 0 Å². The molecule has 0 aliphatic rings. The molecule has 0 unspecified atom stereocenters. The van der Waals surface area contributed by atoms with Crippen LogP contribution in [0.1, 0.15) is 23.9 Å². The molecule has 0 spiro atoms. The summed E-state index contributed by atoms with van der Waals surface area (Å²) in [7, 11) is 1.64. The van der Waals surface area contributed by atoms with Gasteiger partial charge in [-0.2, -0.15) is 0 Å². The molecule has 20 heavy (non-hydrogen) atoms. The second-order valence-electron chi connectivity index (χ2n) is 4.49. The van der Waals surface area contributed by atoms with Crippen molar-refractivity contribution < 1.29 is 14.0 Å². The molecule has 0 radical (unpaired) electrons. The number of nitrogens with zero attached hydrogens (tertiary/aromatic N) is 1. The molecule has 0 amide bonds. The predicted molar refractivity (Wildman–Crippen MR) is 75.9 cm³/mol. The van der Waals surface area contributed by atoms with Crippen LogP contribution in [0.5, 0.6) is 11.5 Å². The summed E-state index contributed by atoms with van der Waals surface area (Å²) in [6.07, 6.45) is 0. The van der Waals surface area contributed by atoms with Gasteiger partial charge in [-0.1, -0.05) is 18.1 Å². The molecule has 108 valence electrons. The maximum atomic E-state index is 5.71. The number of nitrogens with one attached hydrogen (secondary N) is 1. The highest BCUT2D eigenvalue weighted by Crippen LogP contribution is 2.28. The normalized spacial score (nSPS) is 10.6. The average molecular weight is 276 g/mol. The molecule has 2 aromatic rings. The Labute approximate surface area is 118 Å². The van der Waals surface area contributed by atoms with Crippen LogP contribution in [0.25, 0.3) is 0 Å². The van der Waals surface area contributed by atoms with Gasteiger partial charge in [-0.3, -0.25) is 0 Å². The fourth-order valence-corrected chi connectivity index (χ4v) is 1.84.